The summed E-state index contributed by atoms with van der Waals surface area (Å²) >= 11 is 0. The third-order valence-corrected chi connectivity index (χ3v) is 4.60. The molecular formula is C22H19N3O5. The number of nitriles is 1. The predicted molar refractivity (Wildman–Crippen MR) is 106 cm³/mol. The van der Waals surface area contributed by atoms with Crippen LogP contribution in [-0.2, 0) is 14.3 Å². The summed E-state index contributed by atoms with van der Waals surface area (Å²) in [5.74, 6) is -1.86. The summed E-state index contributed by atoms with van der Waals surface area (Å²) in [4.78, 5) is 49.8. The highest BCUT2D eigenvalue weighted by Crippen LogP contribution is 2.22. The summed E-state index contributed by atoms with van der Waals surface area (Å²) in [5.41, 5.74) is 1.66. The summed E-state index contributed by atoms with van der Waals surface area (Å²) < 4.78 is 5.12. The standard InChI is InChI=1S/C22H19N3O5/c1-14(20(27)24-16-10-8-15(13-23)9-11-16)30-19(26)7-4-12-25-21(28)17-5-2-3-6-18(17)22(25)29/h2-3,5-6,8-11,14H,4,7,12H2,1H3,(H,24,27). The molecular weight excluding hydrogens is 386 g/mol. The second-order valence-electron chi connectivity index (χ2n) is 6.72. The maximum absolute atomic E-state index is 12.3. The van der Waals surface area contributed by atoms with E-state index in [1.807, 2.05) is 6.07 Å². The third kappa shape index (κ3) is 4.52. The molecule has 0 spiro atoms. The van der Waals surface area contributed by atoms with Crippen LogP contribution in [0.25, 0.3) is 0 Å². The van der Waals surface area contributed by atoms with Crippen LogP contribution in [-0.4, -0.2) is 41.2 Å². The highest BCUT2D eigenvalue weighted by Gasteiger charge is 2.34. The van der Waals surface area contributed by atoms with Gasteiger partial charge in [0.25, 0.3) is 17.7 Å². The molecule has 0 radical (unpaired) electrons. The largest absolute Gasteiger partial charge is 0.453 e. The molecule has 0 aliphatic carbocycles. The van der Waals surface area contributed by atoms with Crippen molar-refractivity contribution in [2.75, 3.05) is 11.9 Å². The Hall–Kier alpha value is -3.99. The van der Waals surface area contributed by atoms with Crippen molar-refractivity contribution in [3.05, 3.63) is 65.2 Å². The van der Waals surface area contributed by atoms with Gasteiger partial charge in [-0.2, -0.15) is 5.26 Å². The van der Waals surface area contributed by atoms with E-state index in [4.69, 9.17) is 10.00 Å². The number of rotatable bonds is 7. The molecule has 30 heavy (non-hydrogen) atoms. The Bertz CT molecular complexity index is 1000. The normalized spacial score (nSPS) is 13.4. The average Bonchev–Trinajstić information content (AvgIpc) is 2.99. The molecule has 1 N–H and O–H groups in total. The molecule has 0 saturated carbocycles. The van der Waals surface area contributed by atoms with Crippen molar-refractivity contribution in [3.63, 3.8) is 0 Å². The Kier molecular flexibility index (Phi) is 6.23. The Morgan fingerprint density at radius 1 is 1.07 bits per heavy atom. The average molecular weight is 405 g/mol. The van der Waals surface area contributed by atoms with E-state index in [2.05, 4.69) is 5.32 Å². The van der Waals surface area contributed by atoms with E-state index >= 15 is 0 Å². The van der Waals surface area contributed by atoms with Gasteiger partial charge in [0.2, 0.25) is 0 Å². The molecule has 0 fully saturated rings. The Labute approximate surface area is 173 Å². The van der Waals surface area contributed by atoms with Gasteiger partial charge < -0.3 is 10.1 Å². The third-order valence-electron chi connectivity index (χ3n) is 4.60. The molecule has 3 rings (SSSR count). The lowest BCUT2D eigenvalue weighted by Gasteiger charge is -2.15. The minimum atomic E-state index is -1.02. The fourth-order valence-corrected chi connectivity index (χ4v) is 3.01. The van der Waals surface area contributed by atoms with E-state index in [1.54, 1.807) is 48.5 Å². The van der Waals surface area contributed by atoms with Gasteiger partial charge in [-0.1, -0.05) is 12.1 Å². The first-order valence-corrected chi connectivity index (χ1v) is 9.36. The quantitative estimate of drug-likeness (QED) is 0.559. The van der Waals surface area contributed by atoms with Gasteiger partial charge in [-0.15, -0.1) is 0 Å². The number of hydrogen-bond donors (Lipinski definition) is 1. The number of fused-ring (bicyclic) bond motifs is 1. The van der Waals surface area contributed by atoms with Gasteiger partial charge >= 0.3 is 5.97 Å². The van der Waals surface area contributed by atoms with Crippen LogP contribution in [0.15, 0.2) is 48.5 Å². The van der Waals surface area contributed by atoms with E-state index in [0.29, 0.717) is 22.4 Å². The van der Waals surface area contributed by atoms with E-state index in [9.17, 15) is 19.2 Å². The van der Waals surface area contributed by atoms with Crippen LogP contribution in [0, 0.1) is 11.3 Å². The number of esters is 1. The molecule has 1 aliphatic heterocycles. The molecule has 0 bridgehead atoms. The lowest BCUT2D eigenvalue weighted by molar-refractivity contribution is -0.153. The van der Waals surface area contributed by atoms with Gasteiger partial charge in [0.15, 0.2) is 6.10 Å². The predicted octanol–water partition coefficient (Wildman–Crippen LogP) is 2.50. The summed E-state index contributed by atoms with van der Waals surface area (Å²) in [6, 6.07) is 14.8. The van der Waals surface area contributed by atoms with Gasteiger partial charge in [0.05, 0.1) is 22.8 Å². The summed E-state index contributed by atoms with van der Waals surface area (Å²) in [7, 11) is 0. The number of anilines is 1. The molecule has 1 aliphatic rings. The fourth-order valence-electron chi connectivity index (χ4n) is 3.01. The zero-order valence-electron chi connectivity index (χ0n) is 16.3. The van der Waals surface area contributed by atoms with E-state index in [1.165, 1.54) is 6.92 Å². The number of imide groups is 1. The van der Waals surface area contributed by atoms with Crippen molar-refractivity contribution in [1.82, 2.24) is 4.90 Å². The molecule has 1 atom stereocenters. The van der Waals surface area contributed by atoms with Crippen molar-refractivity contribution in [1.29, 1.82) is 5.26 Å². The van der Waals surface area contributed by atoms with E-state index in [0.717, 1.165) is 4.90 Å². The molecule has 1 heterocycles. The summed E-state index contributed by atoms with van der Waals surface area (Å²) in [5, 5.41) is 11.4. The number of carbonyl (C=O) groups is 4. The molecule has 0 saturated heterocycles. The van der Waals surface area contributed by atoms with Crippen LogP contribution in [0.3, 0.4) is 0 Å². The molecule has 8 nitrogen and oxygen atoms in total. The topological polar surface area (TPSA) is 117 Å². The van der Waals surface area contributed by atoms with Crippen LogP contribution < -0.4 is 5.32 Å². The number of benzene rings is 2. The highest BCUT2D eigenvalue weighted by molar-refractivity contribution is 6.21. The number of nitrogens with zero attached hydrogens (tertiary/aromatic N) is 2. The van der Waals surface area contributed by atoms with Gasteiger partial charge in [-0.25, -0.2) is 0 Å². The van der Waals surface area contributed by atoms with E-state index < -0.39 is 18.0 Å². The van der Waals surface area contributed by atoms with Crippen LogP contribution in [0.5, 0.6) is 0 Å². The minimum Gasteiger partial charge on any atom is -0.453 e. The highest BCUT2D eigenvalue weighted by atomic mass is 16.5. The SMILES string of the molecule is CC(OC(=O)CCCN1C(=O)c2ccccc2C1=O)C(=O)Nc1ccc(C#N)cc1. The second kappa shape index (κ2) is 9.01. The first-order valence-electron chi connectivity index (χ1n) is 9.36. The minimum absolute atomic E-state index is 0.0398. The molecule has 0 aromatic heterocycles. The van der Waals surface area contributed by atoms with Gasteiger partial charge in [0, 0.05) is 18.7 Å². The first kappa shape index (κ1) is 20.7. The van der Waals surface area contributed by atoms with E-state index in [-0.39, 0.29) is 31.2 Å². The zero-order valence-corrected chi connectivity index (χ0v) is 16.3. The smallest absolute Gasteiger partial charge is 0.306 e. The lowest BCUT2D eigenvalue weighted by atomic mass is 10.1. The van der Waals surface area contributed by atoms with Crippen molar-refractivity contribution in [2.24, 2.45) is 0 Å². The van der Waals surface area contributed by atoms with Gasteiger partial charge in [-0.3, -0.25) is 24.1 Å². The van der Waals surface area contributed by atoms with Crippen molar-refractivity contribution >= 4 is 29.4 Å². The zero-order chi connectivity index (χ0) is 21.7. The maximum atomic E-state index is 12.3. The Morgan fingerprint density at radius 3 is 2.23 bits per heavy atom. The summed E-state index contributed by atoms with van der Waals surface area (Å²) in [6.45, 7) is 1.54. The van der Waals surface area contributed by atoms with Crippen molar-refractivity contribution in [3.8, 4) is 6.07 Å². The van der Waals surface area contributed by atoms with Crippen LogP contribution in [0.4, 0.5) is 5.69 Å². The summed E-state index contributed by atoms with van der Waals surface area (Å²) in [6.07, 6.45) is -0.830. The Balaban J connectivity index is 1.44. The number of ether oxygens (including phenoxy) is 1. The molecule has 152 valence electrons. The Morgan fingerprint density at radius 2 is 1.67 bits per heavy atom. The van der Waals surface area contributed by atoms with Crippen molar-refractivity contribution < 1.29 is 23.9 Å². The number of hydrogen-bond acceptors (Lipinski definition) is 6. The number of amides is 3. The fraction of sp³-hybridized carbons (Fsp3) is 0.227. The first-order chi connectivity index (χ1) is 14.4. The van der Waals surface area contributed by atoms with Crippen LogP contribution in [0.1, 0.15) is 46.0 Å². The maximum Gasteiger partial charge on any atom is 0.306 e. The second-order valence-corrected chi connectivity index (χ2v) is 6.72. The monoisotopic (exact) mass is 405 g/mol. The number of carbonyl (C=O) groups excluding carboxylic acids is 4. The number of nitrogens with one attached hydrogen (secondary N) is 1. The van der Waals surface area contributed by atoms with Gasteiger partial charge in [-0.05, 0) is 49.7 Å². The van der Waals surface area contributed by atoms with Crippen LogP contribution >= 0.6 is 0 Å². The molecule has 8 heteroatoms. The lowest BCUT2D eigenvalue weighted by Crippen LogP contribution is -2.32. The van der Waals surface area contributed by atoms with Gasteiger partial charge in [0.1, 0.15) is 0 Å². The molecule has 2 aromatic rings. The van der Waals surface area contributed by atoms with Crippen LogP contribution in [0.2, 0.25) is 0 Å². The van der Waals surface area contributed by atoms with Crippen molar-refractivity contribution in [2.45, 2.75) is 25.9 Å². The molecule has 1 unspecified atom stereocenters. The molecule has 3 amide bonds. The molecule has 2 aromatic carbocycles.